The molecule has 0 aromatic heterocycles. The lowest BCUT2D eigenvalue weighted by molar-refractivity contribution is 0.186. The van der Waals surface area contributed by atoms with Crippen molar-refractivity contribution in [3.63, 3.8) is 0 Å². The molecule has 1 fully saturated rings. The van der Waals surface area contributed by atoms with Gasteiger partial charge in [-0.2, -0.15) is 5.26 Å². The average molecular weight is 166 g/mol. The highest BCUT2D eigenvalue weighted by molar-refractivity contribution is 4.82. The summed E-state index contributed by atoms with van der Waals surface area (Å²) < 4.78 is 0. The van der Waals surface area contributed by atoms with E-state index in [4.69, 9.17) is 5.26 Å². The Morgan fingerprint density at radius 1 is 1.33 bits per heavy atom. The molecule has 0 aromatic rings. The fourth-order valence-corrected chi connectivity index (χ4v) is 1.92. The van der Waals surface area contributed by atoms with E-state index < -0.39 is 0 Å². The van der Waals surface area contributed by atoms with Crippen molar-refractivity contribution in [3.05, 3.63) is 0 Å². The van der Waals surface area contributed by atoms with Gasteiger partial charge < -0.3 is 0 Å². The van der Waals surface area contributed by atoms with Crippen LogP contribution in [-0.2, 0) is 0 Å². The van der Waals surface area contributed by atoms with E-state index in [9.17, 15) is 0 Å². The quantitative estimate of drug-likeness (QED) is 0.587. The summed E-state index contributed by atoms with van der Waals surface area (Å²) in [5, 5.41) is 8.53. The zero-order valence-corrected chi connectivity index (χ0v) is 8.08. The fourth-order valence-electron chi connectivity index (χ4n) is 1.92. The minimum Gasteiger partial charge on any atom is -0.291 e. The standard InChI is InChI=1S/C10H18N2/c1-9-3-5-10(6-4-9)12(2)8-7-11/h9-10H,3-6,8H2,1-2H3. The first kappa shape index (κ1) is 9.54. The summed E-state index contributed by atoms with van der Waals surface area (Å²) in [4.78, 5) is 2.19. The second-order valence-electron chi connectivity index (χ2n) is 3.99. The molecule has 0 heterocycles. The summed E-state index contributed by atoms with van der Waals surface area (Å²) in [5.41, 5.74) is 0. The van der Waals surface area contributed by atoms with Gasteiger partial charge in [0.2, 0.25) is 0 Å². The molecule has 0 unspecified atom stereocenters. The summed E-state index contributed by atoms with van der Waals surface area (Å²) in [6.45, 7) is 2.90. The maximum absolute atomic E-state index is 8.53. The van der Waals surface area contributed by atoms with Gasteiger partial charge in [0.05, 0.1) is 12.6 Å². The Morgan fingerprint density at radius 3 is 2.42 bits per heavy atom. The highest BCUT2D eigenvalue weighted by atomic mass is 15.1. The summed E-state index contributed by atoms with van der Waals surface area (Å²) in [6, 6.07) is 2.87. The molecule has 1 saturated carbocycles. The van der Waals surface area contributed by atoms with Crippen molar-refractivity contribution in [1.82, 2.24) is 4.90 Å². The minimum absolute atomic E-state index is 0.582. The lowest BCUT2D eigenvalue weighted by Crippen LogP contribution is -2.34. The van der Waals surface area contributed by atoms with Crippen molar-refractivity contribution in [2.75, 3.05) is 13.6 Å². The van der Waals surface area contributed by atoms with Crippen molar-refractivity contribution in [2.24, 2.45) is 5.92 Å². The molecule has 0 amide bonds. The maximum atomic E-state index is 8.53. The summed E-state index contributed by atoms with van der Waals surface area (Å²) in [5.74, 6) is 0.900. The van der Waals surface area contributed by atoms with E-state index in [0.717, 1.165) is 5.92 Å². The monoisotopic (exact) mass is 166 g/mol. The van der Waals surface area contributed by atoms with Gasteiger partial charge in [0.15, 0.2) is 0 Å². The second-order valence-corrected chi connectivity index (χ2v) is 3.99. The Hall–Kier alpha value is -0.550. The lowest BCUT2D eigenvalue weighted by atomic mass is 9.87. The Labute approximate surface area is 75.2 Å². The predicted molar refractivity (Wildman–Crippen MR) is 49.7 cm³/mol. The van der Waals surface area contributed by atoms with Crippen LogP contribution in [-0.4, -0.2) is 24.5 Å². The zero-order valence-electron chi connectivity index (χ0n) is 8.08. The fraction of sp³-hybridized carbons (Fsp3) is 0.900. The molecule has 2 heteroatoms. The number of hydrogen-bond acceptors (Lipinski definition) is 2. The smallest absolute Gasteiger partial charge is 0.0865 e. The van der Waals surface area contributed by atoms with Crippen LogP contribution in [0.3, 0.4) is 0 Å². The topological polar surface area (TPSA) is 27.0 Å². The normalized spacial score (nSPS) is 30.2. The SMILES string of the molecule is CC1CCC(N(C)CC#N)CC1. The van der Waals surface area contributed by atoms with Crippen LogP contribution < -0.4 is 0 Å². The van der Waals surface area contributed by atoms with Gasteiger partial charge in [0, 0.05) is 6.04 Å². The third-order valence-electron chi connectivity index (χ3n) is 2.93. The molecular weight excluding hydrogens is 148 g/mol. The van der Waals surface area contributed by atoms with Gasteiger partial charge in [0.25, 0.3) is 0 Å². The Bertz CT molecular complexity index is 163. The first-order valence-corrected chi connectivity index (χ1v) is 4.81. The van der Waals surface area contributed by atoms with Gasteiger partial charge >= 0.3 is 0 Å². The Morgan fingerprint density at radius 2 is 1.92 bits per heavy atom. The van der Waals surface area contributed by atoms with Gasteiger partial charge in [-0.3, -0.25) is 4.90 Å². The molecule has 0 radical (unpaired) electrons. The summed E-state index contributed by atoms with van der Waals surface area (Å²) >= 11 is 0. The largest absolute Gasteiger partial charge is 0.291 e. The molecule has 0 N–H and O–H groups in total. The van der Waals surface area contributed by atoms with E-state index in [-0.39, 0.29) is 0 Å². The second kappa shape index (κ2) is 4.47. The molecular formula is C10H18N2. The van der Waals surface area contributed by atoms with E-state index >= 15 is 0 Å². The van der Waals surface area contributed by atoms with Gasteiger partial charge in [-0.25, -0.2) is 0 Å². The van der Waals surface area contributed by atoms with Gasteiger partial charge in [-0.1, -0.05) is 6.92 Å². The molecule has 1 rings (SSSR count). The summed E-state index contributed by atoms with van der Waals surface area (Å²) in [7, 11) is 2.06. The van der Waals surface area contributed by atoms with E-state index in [1.165, 1.54) is 25.7 Å². The Kier molecular flexibility index (Phi) is 3.55. The van der Waals surface area contributed by atoms with Crippen LogP contribution in [0.4, 0.5) is 0 Å². The maximum Gasteiger partial charge on any atom is 0.0865 e. The zero-order chi connectivity index (χ0) is 8.97. The van der Waals surface area contributed by atoms with E-state index in [1.54, 1.807) is 0 Å². The molecule has 1 aliphatic carbocycles. The Balaban J connectivity index is 2.30. The highest BCUT2D eigenvalue weighted by Crippen LogP contribution is 2.25. The first-order chi connectivity index (χ1) is 5.74. The molecule has 2 nitrogen and oxygen atoms in total. The van der Waals surface area contributed by atoms with Crippen molar-refractivity contribution >= 4 is 0 Å². The number of nitrogens with zero attached hydrogens (tertiary/aromatic N) is 2. The molecule has 0 bridgehead atoms. The van der Waals surface area contributed by atoms with Crippen LogP contribution in [0.15, 0.2) is 0 Å². The van der Waals surface area contributed by atoms with Crippen LogP contribution in [0, 0.1) is 17.2 Å². The molecule has 0 aromatic carbocycles. The molecule has 0 spiro atoms. The van der Waals surface area contributed by atoms with Crippen LogP contribution in [0.1, 0.15) is 32.6 Å². The van der Waals surface area contributed by atoms with Crippen molar-refractivity contribution in [3.8, 4) is 6.07 Å². The van der Waals surface area contributed by atoms with Crippen LogP contribution >= 0.6 is 0 Å². The average Bonchev–Trinajstić information content (AvgIpc) is 2.06. The molecule has 0 aliphatic heterocycles. The van der Waals surface area contributed by atoms with E-state index in [2.05, 4.69) is 24.9 Å². The van der Waals surface area contributed by atoms with Crippen LogP contribution in [0.2, 0.25) is 0 Å². The van der Waals surface area contributed by atoms with E-state index in [1.807, 2.05) is 0 Å². The molecule has 68 valence electrons. The van der Waals surface area contributed by atoms with Gasteiger partial charge in [-0.05, 0) is 38.6 Å². The van der Waals surface area contributed by atoms with Crippen LogP contribution in [0.25, 0.3) is 0 Å². The predicted octanol–water partition coefficient (Wildman–Crippen LogP) is 2.02. The number of nitriles is 1. The first-order valence-electron chi connectivity index (χ1n) is 4.81. The third-order valence-corrected chi connectivity index (χ3v) is 2.93. The van der Waals surface area contributed by atoms with Gasteiger partial charge in [0.1, 0.15) is 0 Å². The third kappa shape index (κ3) is 2.49. The molecule has 0 atom stereocenters. The number of hydrogen-bond donors (Lipinski definition) is 0. The molecule has 1 aliphatic rings. The minimum atomic E-state index is 0.582. The molecule has 0 saturated heterocycles. The highest BCUT2D eigenvalue weighted by Gasteiger charge is 2.20. The van der Waals surface area contributed by atoms with Crippen LogP contribution in [0.5, 0.6) is 0 Å². The number of rotatable bonds is 2. The van der Waals surface area contributed by atoms with Crippen molar-refractivity contribution in [1.29, 1.82) is 5.26 Å². The lowest BCUT2D eigenvalue weighted by Gasteiger charge is -2.32. The van der Waals surface area contributed by atoms with E-state index in [0.29, 0.717) is 12.6 Å². The van der Waals surface area contributed by atoms with Gasteiger partial charge in [-0.15, -0.1) is 0 Å². The van der Waals surface area contributed by atoms with Crippen molar-refractivity contribution in [2.45, 2.75) is 38.6 Å². The summed E-state index contributed by atoms with van der Waals surface area (Å²) in [6.07, 6.45) is 5.22. The molecule has 12 heavy (non-hydrogen) atoms. The van der Waals surface area contributed by atoms with Crippen molar-refractivity contribution < 1.29 is 0 Å².